The quantitative estimate of drug-likeness (QED) is 0.501. The second kappa shape index (κ2) is 9.40. The van der Waals surface area contributed by atoms with Gasteiger partial charge in [0.2, 0.25) is 0 Å². The molecule has 0 bridgehead atoms. The molecule has 0 saturated carbocycles. The Labute approximate surface area is 205 Å². The number of nitrogens with two attached hydrogens (primary N) is 1. The van der Waals surface area contributed by atoms with Gasteiger partial charge >= 0.3 is 6.09 Å². The first-order chi connectivity index (χ1) is 16.5. The Kier molecular flexibility index (Phi) is 6.51. The first-order valence-corrected chi connectivity index (χ1v) is 11.7. The number of hydrogen-bond donors (Lipinski definition) is 3. The molecule has 35 heavy (non-hydrogen) atoms. The van der Waals surface area contributed by atoms with Crippen molar-refractivity contribution in [2.75, 3.05) is 24.1 Å². The fourth-order valence-electron chi connectivity index (χ4n) is 4.39. The highest BCUT2D eigenvalue weighted by molar-refractivity contribution is 6.07. The van der Waals surface area contributed by atoms with Crippen molar-refractivity contribution in [1.29, 1.82) is 0 Å². The predicted octanol–water partition coefficient (Wildman–Crippen LogP) is 4.70. The molecule has 3 aromatic rings. The molecule has 0 aliphatic carbocycles. The van der Waals surface area contributed by atoms with Gasteiger partial charge in [-0.05, 0) is 43.5 Å². The van der Waals surface area contributed by atoms with Crippen LogP contribution in [0.1, 0.15) is 61.3 Å². The minimum Gasteiger partial charge on any atom is -0.465 e. The molecular formula is C26H32N6O3. The normalized spacial score (nSPS) is 14.7. The average molecular weight is 477 g/mol. The van der Waals surface area contributed by atoms with E-state index in [9.17, 15) is 14.7 Å². The zero-order valence-corrected chi connectivity index (χ0v) is 20.6. The number of hydrogen-bond acceptors (Lipinski definition) is 5. The van der Waals surface area contributed by atoms with Crippen LogP contribution in [0.5, 0.6) is 0 Å². The van der Waals surface area contributed by atoms with E-state index in [1.54, 1.807) is 12.3 Å². The van der Waals surface area contributed by atoms with Gasteiger partial charge in [-0.15, -0.1) is 0 Å². The summed E-state index contributed by atoms with van der Waals surface area (Å²) in [5, 5.41) is 17.1. The van der Waals surface area contributed by atoms with Gasteiger partial charge in [-0.3, -0.25) is 9.48 Å². The van der Waals surface area contributed by atoms with E-state index in [0.29, 0.717) is 37.2 Å². The number of carboxylic acid groups (broad SMARTS) is 1. The van der Waals surface area contributed by atoms with Gasteiger partial charge in [-0.2, -0.15) is 5.10 Å². The number of piperidine rings is 1. The van der Waals surface area contributed by atoms with Crippen LogP contribution in [0.25, 0.3) is 11.1 Å². The van der Waals surface area contributed by atoms with Crippen molar-refractivity contribution in [3.8, 4) is 11.1 Å². The molecule has 1 aliphatic rings. The Morgan fingerprint density at radius 3 is 2.51 bits per heavy atom. The summed E-state index contributed by atoms with van der Waals surface area (Å²) in [5.74, 6) is -0.169. The van der Waals surface area contributed by atoms with Crippen LogP contribution in [0.4, 0.5) is 16.3 Å². The highest BCUT2D eigenvalue weighted by Crippen LogP contribution is 2.35. The number of rotatable bonds is 4. The number of aromatic nitrogens is 3. The summed E-state index contributed by atoms with van der Waals surface area (Å²) in [5.41, 5.74) is 10.4. The molecule has 3 heterocycles. The molecule has 1 saturated heterocycles. The lowest BCUT2D eigenvalue weighted by atomic mass is 9.87. The molecule has 184 valence electrons. The van der Waals surface area contributed by atoms with Crippen LogP contribution in [0.2, 0.25) is 0 Å². The fraction of sp³-hybridized carbons (Fsp3) is 0.385. The molecule has 2 aromatic heterocycles. The maximum atomic E-state index is 13.0. The lowest BCUT2D eigenvalue weighted by Crippen LogP contribution is -2.38. The molecule has 0 atom stereocenters. The standard InChI is InChI=1S/C26H32N6O3/c1-16-6-5-7-18(12-16)29-24(33)20-13-17(14-28-23(20)27)21-15-32(30-22(21)26(2,3)4)19-8-10-31(11-9-19)25(34)35/h5-7,12-15,19H,8-11H2,1-4H3,(H2,27,28)(H,29,33)(H,34,35). The summed E-state index contributed by atoms with van der Waals surface area (Å²) in [6.45, 7) is 9.19. The summed E-state index contributed by atoms with van der Waals surface area (Å²) in [6.07, 6.45) is 4.16. The van der Waals surface area contributed by atoms with Gasteiger partial charge < -0.3 is 21.1 Å². The second-order valence-electron chi connectivity index (χ2n) is 10.1. The lowest BCUT2D eigenvalue weighted by molar-refractivity contribution is 0.102. The number of likely N-dealkylation sites (tertiary alicyclic amines) is 1. The van der Waals surface area contributed by atoms with Crippen molar-refractivity contribution in [3.63, 3.8) is 0 Å². The van der Waals surface area contributed by atoms with E-state index in [0.717, 1.165) is 22.4 Å². The molecule has 1 fully saturated rings. The van der Waals surface area contributed by atoms with E-state index in [4.69, 9.17) is 10.8 Å². The highest BCUT2D eigenvalue weighted by Gasteiger charge is 2.29. The van der Waals surface area contributed by atoms with Gasteiger partial charge in [0.25, 0.3) is 5.91 Å². The van der Waals surface area contributed by atoms with Crippen LogP contribution < -0.4 is 11.1 Å². The van der Waals surface area contributed by atoms with Gasteiger partial charge in [0.1, 0.15) is 5.82 Å². The first-order valence-electron chi connectivity index (χ1n) is 11.7. The smallest absolute Gasteiger partial charge is 0.407 e. The van der Waals surface area contributed by atoms with Crippen molar-refractivity contribution in [2.45, 2.75) is 52.0 Å². The molecule has 1 aromatic carbocycles. The molecule has 4 N–H and O–H groups in total. The fourth-order valence-corrected chi connectivity index (χ4v) is 4.39. The van der Waals surface area contributed by atoms with E-state index in [2.05, 4.69) is 31.1 Å². The molecule has 9 nitrogen and oxygen atoms in total. The zero-order chi connectivity index (χ0) is 25.3. The van der Waals surface area contributed by atoms with E-state index in [1.807, 2.05) is 42.1 Å². The summed E-state index contributed by atoms with van der Waals surface area (Å²) in [6, 6.07) is 9.43. The average Bonchev–Trinajstić information content (AvgIpc) is 3.25. The number of aryl methyl sites for hydroxylation is 1. The van der Waals surface area contributed by atoms with E-state index in [-0.39, 0.29) is 23.2 Å². The van der Waals surface area contributed by atoms with E-state index >= 15 is 0 Å². The molecule has 4 rings (SSSR count). The number of amides is 2. The number of nitrogen functional groups attached to an aromatic ring is 1. The van der Waals surface area contributed by atoms with Gasteiger partial charge in [0.15, 0.2) is 0 Å². The monoisotopic (exact) mass is 476 g/mol. The van der Waals surface area contributed by atoms with Gasteiger partial charge in [0.05, 0.1) is 17.3 Å². The summed E-state index contributed by atoms with van der Waals surface area (Å²) < 4.78 is 1.94. The SMILES string of the molecule is Cc1cccc(NC(=O)c2cc(-c3cn(C4CCN(C(=O)O)CC4)nc3C(C)(C)C)cnc2N)c1. The summed E-state index contributed by atoms with van der Waals surface area (Å²) >= 11 is 0. The Balaban J connectivity index is 1.66. The topological polar surface area (TPSA) is 126 Å². The Morgan fingerprint density at radius 2 is 1.89 bits per heavy atom. The van der Waals surface area contributed by atoms with Crippen molar-refractivity contribution in [3.05, 3.63) is 59.5 Å². The Hall–Kier alpha value is -3.88. The minimum atomic E-state index is -0.885. The number of nitrogens with one attached hydrogen (secondary N) is 1. The van der Waals surface area contributed by atoms with Crippen LogP contribution in [0.15, 0.2) is 42.7 Å². The summed E-state index contributed by atoms with van der Waals surface area (Å²) in [7, 11) is 0. The number of benzene rings is 1. The highest BCUT2D eigenvalue weighted by atomic mass is 16.4. The van der Waals surface area contributed by atoms with E-state index < -0.39 is 6.09 Å². The van der Waals surface area contributed by atoms with Crippen molar-refractivity contribution in [1.82, 2.24) is 19.7 Å². The van der Waals surface area contributed by atoms with Gasteiger partial charge in [-0.25, -0.2) is 9.78 Å². The number of pyridine rings is 1. The number of anilines is 2. The molecule has 9 heteroatoms. The number of nitrogens with zero attached hydrogens (tertiary/aromatic N) is 4. The third-order valence-electron chi connectivity index (χ3n) is 6.30. The predicted molar refractivity (Wildman–Crippen MR) is 136 cm³/mol. The Morgan fingerprint density at radius 1 is 1.17 bits per heavy atom. The Bertz CT molecular complexity index is 1250. The van der Waals surface area contributed by atoms with Crippen LogP contribution in [-0.2, 0) is 5.41 Å². The number of carbonyl (C=O) groups excluding carboxylic acids is 1. The maximum absolute atomic E-state index is 13.0. The van der Waals surface area contributed by atoms with Crippen LogP contribution in [-0.4, -0.2) is 49.9 Å². The third-order valence-corrected chi connectivity index (χ3v) is 6.30. The lowest BCUT2D eigenvalue weighted by Gasteiger charge is -2.30. The number of carbonyl (C=O) groups is 2. The largest absolute Gasteiger partial charge is 0.465 e. The van der Waals surface area contributed by atoms with Crippen molar-refractivity contribution < 1.29 is 14.7 Å². The van der Waals surface area contributed by atoms with Gasteiger partial charge in [0, 0.05) is 47.7 Å². The van der Waals surface area contributed by atoms with E-state index in [1.165, 1.54) is 4.90 Å². The summed E-state index contributed by atoms with van der Waals surface area (Å²) in [4.78, 5) is 30.1. The third kappa shape index (κ3) is 5.29. The maximum Gasteiger partial charge on any atom is 0.407 e. The minimum absolute atomic E-state index is 0.103. The van der Waals surface area contributed by atoms with Crippen LogP contribution >= 0.6 is 0 Å². The molecular weight excluding hydrogens is 444 g/mol. The van der Waals surface area contributed by atoms with Gasteiger partial charge in [-0.1, -0.05) is 32.9 Å². The molecule has 1 aliphatic heterocycles. The molecule has 0 spiro atoms. The van der Waals surface area contributed by atoms with Crippen molar-refractivity contribution in [2.24, 2.45) is 0 Å². The van der Waals surface area contributed by atoms with Crippen molar-refractivity contribution >= 4 is 23.5 Å². The molecule has 2 amide bonds. The molecule has 0 unspecified atom stereocenters. The first kappa shape index (κ1) is 24.3. The molecule has 0 radical (unpaired) electrons. The van der Waals surface area contributed by atoms with Crippen LogP contribution in [0, 0.1) is 6.92 Å². The second-order valence-corrected chi connectivity index (χ2v) is 10.1. The zero-order valence-electron chi connectivity index (χ0n) is 20.6. The van der Waals surface area contributed by atoms with Crippen LogP contribution in [0.3, 0.4) is 0 Å².